The predicted molar refractivity (Wildman–Crippen MR) is 117 cm³/mol. The molecule has 154 valence electrons. The second-order valence-electron chi connectivity index (χ2n) is 8.15. The Bertz CT molecular complexity index is 1040. The summed E-state index contributed by atoms with van der Waals surface area (Å²) in [6.07, 6.45) is 4.44. The summed E-state index contributed by atoms with van der Waals surface area (Å²) in [7, 11) is 0. The molecule has 7 heteroatoms. The van der Waals surface area contributed by atoms with E-state index in [1.54, 1.807) is 6.20 Å². The van der Waals surface area contributed by atoms with Crippen LogP contribution in [-0.4, -0.2) is 21.8 Å². The number of carbonyl (C=O) groups is 2. The van der Waals surface area contributed by atoms with Crippen LogP contribution < -0.4 is 0 Å². The monoisotopic (exact) mass is 438 g/mol. The third-order valence-corrected chi connectivity index (χ3v) is 7.82. The molecule has 0 radical (unpaired) electrons. The Morgan fingerprint density at radius 1 is 1.40 bits per heavy atom. The number of thiazole rings is 1. The highest BCUT2D eigenvalue weighted by Gasteiger charge is 2.61. The molecule has 0 bridgehead atoms. The van der Waals surface area contributed by atoms with Crippen LogP contribution in [0.1, 0.15) is 41.6 Å². The molecule has 2 aromatic rings. The standard InChI is InChI=1S/C23H22N2O3S2/c1-23(2)18(10-15-8-9-29-22(15)27)19(23)21(26)28-13-16-12-25-20(30-16)17(11-24)14-6-4-3-5-7-14/h3-7,10,12,17-19H,8-9,13H2,1-2H3/t17?,18-,19-/m0/s1. The van der Waals surface area contributed by atoms with Gasteiger partial charge in [0, 0.05) is 17.5 Å². The minimum Gasteiger partial charge on any atom is -0.460 e. The van der Waals surface area contributed by atoms with Gasteiger partial charge < -0.3 is 4.74 Å². The molecule has 0 amide bonds. The average Bonchev–Trinajstić information content (AvgIpc) is 3.09. The number of allylic oxidation sites excluding steroid dienone is 1. The van der Waals surface area contributed by atoms with Crippen LogP contribution in [0.3, 0.4) is 0 Å². The first-order valence-corrected chi connectivity index (χ1v) is 11.7. The minimum atomic E-state index is -0.430. The van der Waals surface area contributed by atoms with Crippen molar-refractivity contribution in [1.29, 1.82) is 5.26 Å². The van der Waals surface area contributed by atoms with Crippen LogP contribution in [0.15, 0.2) is 48.2 Å². The molecule has 30 heavy (non-hydrogen) atoms. The summed E-state index contributed by atoms with van der Waals surface area (Å²) in [5.74, 6) is -0.0313. The van der Waals surface area contributed by atoms with E-state index < -0.39 is 5.92 Å². The van der Waals surface area contributed by atoms with Gasteiger partial charge in [0.05, 0.1) is 16.9 Å². The van der Waals surface area contributed by atoms with E-state index in [9.17, 15) is 14.9 Å². The van der Waals surface area contributed by atoms with Gasteiger partial charge in [0.2, 0.25) is 5.12 Å². The van der Waals surface area contributed by atoms with Gasteiger partial charge >= 0.3 is 5.97 Å². The van der Waals surface area contributed by atoms with Gasteiger partial charge in [0.15, 0.2) is 0 Å². The molecule has 1 unspecified atom stereocenters. The van der Waals surface area contributed by atoms with Crippen LogP contribution in [0.4, 0.5) is 0 Å². The number of esters is 1. The number of aromatic nitrogens is 1. The quantitative estimate of drug-likeness (QED) is 0.480. The fourth-order valence-electron chi connectivity index (χ4n) is 3.93. The van der Waals surface area contributed by atoms with Crippen LogP contribution in [0, 0.1) is 28.6 Å². The number of benzene rings is 1. The molecule has 2 fully saturated rings. The van der Waals surface area contributed by atoms with Crippen LogP contribution in [0.5, 0.6) is 0 Å². The molecule has 1 aromatic carbocycles. The number of carbonyl (C=O) groups excluding carboxylic acids is 2. The summed E-state index contributed by atoms with van der Waals surface area (Å²) in [4.78, 5) is 29.7. The number of hydrogen-bond donors (Lipinski definition) is 0. The summed E-state index contributed by atoms with van der Waals surface area (Å²) >= 11 is 2.74. The Labute approximate surface area is 184 Å². The van der Waals surface area contributed by atoms with E-state index >= 15 is 0 Å². The lowest BCUT2D eigenvalue weighted by molar-refractivity contribution is -0.147. The number of thioether (sulfide) groups is 1. The summed E-state index contributed by atoms with van der Waals surface area (Å²) in [5, 5.41) is 10.4. The van der Waals surface area contributed by atoms with Crippen molar-refractivity contribution in [3.63, 3.8) is 0 Å². The van der Waals surface area contributed by atoms with Crippen molar-refractivity contribution in [2.75, 3.05) is 5.75 Å². The largest absolute Gasteiger partial charge is 0.460 e. The molecule has 2 heterocycles. The topological polar surface area (TPSA) is 80.0 Å². The van der Waals surface area contributed by atoms with Crippen molar-refractivity contribution in [1.82, 2.24) is 4.98 Å². The smallest absolute Gasteiger partial charge is 0.310 e. The summed E-state index contributed by atoms with van der Waals surface area (Å²) in [6.45, 7) is 4.22. The number of ether oxygens (including phenoxy) is 1. The lowest BCUT2D eigenvalue weighted by Crippen LogP contribution is -2.10. The first-order valence-electron chi connectivity index (χ1n) is 9.85. The Kier molecular flexibility index (Phi) is 5.81. The van der Waals surface area contributed by atoms with E-state index in [0.29, 0.717) is 5.01 Å². The number of rotatable bonds is 6. The number of nitriles is 1. The molecular formula is C23H22N2O3S2. The Hall–Kier alpha value is -2.43. The molecule has 1 saturated carbocycles. The van der Waals surface area contributed by atoms with E-state index in [0.717, 1.165) is 28.2 Å². The highest BCUT2D eigenvalue weighted by Crippen LogP contribution is 2.60. The lowest BCUT2D eigenvalue weighted by Gasteiger charge is -2.05. The highest BCUT2D eigenvalue weighted by atomic mass is 32.2. The summed E-state index contributed by atoms with van der Waals surface area (Å²) < 4.78 is 5.57. The lowest BCUT2D eigenvalue weighted by atomic mass is 10.0. The third kappa shape index (κ3) is 4.07. The second-order valence-corrected chi connectivity index (χ2v) is 10.4. The SMILES string of the molecule is CC1(C)[C@H](C(=O)OCc2cnc(C(C#N)c3ccccc3)s2)[C@@H]1C=C1CCSC1=O. The Morgan fingerprint density at radius 3 is 2.83 bits per heavy atom. The second kappa shape index (κ2) is 8.37. The van der Waals surface area contributed by atoms with Gasteiger partial charge in [-0.05, 0) is 23.3 Å². The van der Waals surface area contributed by atoms with Gasteiger partial charge in [-0.2, -0.15) is 5.26 Å². The van der Waals surface area contributed by atoms with Crippen molar-refractivity contribution < 1.29 is 14.3 Å². The van der Waals surface area contributed by atoms with E-state index in [2.05, 4.69) is 11.1 Å². The molecule has 2 aliphatic rings. The van der Waals surface area contributed by atoms with Gasteiger partial charge in [-0.3, -0.25) is 9.59 Å². The van der Waals surface area contributed by atoms with Gasteiger partial charge in [-0.1, -0.05) is 62.0 Å². The zero-order valence-electron chi connectivity index (χ0n) is 16.8. The minimum absolute atomic E-state index is 0.0423. The van der Waals surface area contributed by atoms with Gasteiger partial charge in [0.25, 0.3) is 0 Å². The van der Waals surface area contributed by atoms with E-state index in [1.807, 2.05) is 50.3 Å². The zero-order valence-corrected chi connectivity index (χ0v) is 18.5. The highest BCUT2D eigenvalue weighted by molar-refractivity contribution is 8.14. The Balaban J connectivity index is 1.38. The number of hydrogen-bond acceptors (Lipinski definition) is 7. The normalized spacial score (nSPS) is 24.4. The van der Waals surface area contributed by atoms with Crippen LogP contribution in [0.25, 0.3) is 0 Å². The summed E-state index contributed by atoms with van der Waals surface area (Å²) in [5.41, 5.74) is 1.53. The maximum atomic E-state index is 12.7. The first-order chi connectivity index (χ1) is 14.4. The molecule has 1 aliphatic carbocycles. The van der Waals surface area contributed by atoms with E-state index in [1.165, 1.54) is 23.1 Å². The molecule has 1 aliphatic heterocycles. The molecule has 1 aromatic heterocycles. The fourth-order valence-corrected chi connectivity index (χ4v) is 5.69. The van der Waals surface area contributed by atoms with Crippen molar-refractivity contribution >= 4 is 34.2 Å². The molecular weight excluding hydrogens is 416 g/mol. The average molecular weight is 439 g/mol. The van der Waals surface area contributed by atoms with Crippen molar-refractivity contribution in [2.45, 2.75) is 32.8 Å². The molecule has 4 rings (SSSR count). The maximum absolute atomic E-state index is 12.7. The molecule has 3 atom stereocenters. The van der Waals surface area contributed by atoms with Crippen LogP contribution in [0.2, 0.25) is 0 Å². The van der Waals surface area contributed by atoms with Crippen molar-refractivity contribution in [3.8, 4) is 6.07 Å². The summed E-state index contributed by atoms with van der Waals surface area (Å²) in [6, 6.07) is 11.8. The molecule has 5 nitrogen and oxygen atoms in total. The van der Waals surface area contributed by atoms with E-state index in [4.69, 9.17) is 4.74 Å². The van der Waals surface area contributed by atoms with Crippen molar-refractivity contribution in [3.05, 3.63) is 63.6 Å². The fraction of sp³-hybridized carbons (Fsp3) is 0.391. The van der Waals surface area contributed by atoms with Crippen LogP contribution >= 0.6 is 23.1 Å². The maximum Gasteiger partial charge on any atom is 0.310 e. The van der Waals surface area contributed by atoms with E-state index in [-0.39, 0.29) is 34.9 Å². The molecule has 0 spiro atoms. The van der Waals surface area contributed by atoms with Gasteiger partial charge in [0.1, 0.15) is 17.5 Å². The predicted octanol–water partition coefficient (Wildman–Crippen LogP) is 4.70. The zero-order chi connectivity index (χ0) is 21.3. The van der Waals surface area contributed by atoms with Crippen molar-refractivity contribution in [2.24, 2.45) is 17.3 Å². The third-order valence-electron chi connectivity index (χ3n) is 5.85. The molecule has 0 N–H and O–H groups in total. The Morgan fingerprint density at radius 2 is 2.17 bits per heavy atom. The first kappa shape index (κ1) is 20.8. The van der Waals surface area contributed by atoms with Gasteiger partial charge in [-0.15, -0.1) is 11.3 Å². The van der Waals surface area contributed by atoms with Crippen LogP contribution in [-0.2, 0) is 20.9 Å². The van der Waals surface area contributed by atoms with Gasteiger partial charge in [-0.25, -0.2) is 4.98 Å². The molecule has 1 saturated heterocycles. The number of nitrogens with zero attached hydrogens (tertiary/aromatic N) is 2.